The van der Waals surface area contributed by atoms with Crippen molar-refractivity contribution in [1.29, 1.82) is 0 Å². The third kappa shape index (κ3) is 5.23. The van der Waals surface area contributed by atoms with Crippen LogP contribution in [0, 0.1) is 5.82 Å². The first kappa shape index (κ1) is 22.6. The number of nitrogens with zero attached hydrogens (tertiary/aromatic N) is 2. The van der Waals surface area contributed by atoms with Crippen LogP contribution in [0.25, 0.3) is 10.2 Å². The molecule has 0 aliphatic rings. The zero-order chi connectivity index (χ0) is 22.7. The maximum Gasteiger partial charge on any atom is 0.230 e. The molecular formula is C23H18BrFN2O3S2. The maximum absolute atomic E-state index is 13.2. The number of hydrogen-bond donors (Lipinski definition) is 0. The lowest BCUT2D eigenvalue weighted by molar-refractivity contribution is -0.118. The van der Waals surface area contributed by atoms with E-state index in [4.69, 9.17) is 0 Å². The topological polar surface area (TPSA) is 67.3 Å². The number of carbonyl (C=O) groups is 1. The second-order valence-corrected chi connectivity index (χ2v) is 11.1. The number of benzene rings is 3. The number of halogens is 2. The Kier molecular flexibility index (Phi) is 6.68. The largest absolute Gasteiger partial charge is 0.284 e. The molecule has 0 fully saturated rings. The molecule has 1 aromatic heterocycles. The number of anilines is 1. The van der Waals surface area contributed by atoms with Crippen molar-refractivity contribution in [2.45, 2.75) is 17.9 Å². The van der Waals surface area contributed by atoms with Gasteiger partial charge in [-0.3, -0.25) is 9.69 Å². The minimum atomic E-state index is -3.73. The van der Waals surface area contributed by atoms with Gasteiger partial charge in [-0.15, -0.1) is 0 Å². The summed E-state index contributed by atoms with van der Waals surface area (Å²) in [5.74, 6) is -1.24. The number of hydrogen-bond acceptors (Lipinski definition) is 5. The van der Waals surface area contributed by atoms with Crippen LogP contribution >= 0.6 is 27.3 Å². The van der Waals surface area contributed by atoms with Crippen molar-refractivity contribution in [3.05, 3.63) is 88.6 Å². The summed E-state index contributed by atoms with van der Waals surface area (Å²) >= 11 is 4.81. The zero-order valence-electron chi connectivity index (χ0n) is 16.7. The lowest BCUT2D eigenvalue weighted by Gasteiger charge is -2.20. The summed E-state index contributed by atoms with van der Waals surface area (Å²) in [5, 5.41) is 0.506. The van der Waals surface area contributed by atoms with Gasteiger partial charge in [0.1, 0.15) is 5.82 Å². The Morgan fingerprint density at radius 3 is 2.47 bits per heavy atom. The molecule has 0 atom stereocenters. The molecule has 0 aliphatic heterocycles. The molecule has 4 rings (SSSR count). The van der Waals surface area contributed by atoms with Crippen molar-refractivity contribution in [2.24, 2.45) is 0 Å². The van der Waals surface area contributed by atoms with Gasteiger partial charge in [-0.25, -0.2) is 17.8 Å². The Morgan fingerprint density at radius 1 is 1.03 bits per heavy atom. The standard InChI is InChI=1S/C23H18BrFN2O3S2/c24-17-6-11-20-21(14-17)31-23(26-20)27(15-16-4-2-1-3-5-16)22(28)12-13-32(29,30)19-9-7-18(25)8-10-19/h1-11,14H,12-13,15H2. The molecule has 0 saturated carbocycles. The van der Waals surface area contributed by atoms with Gasteiger partial charge in [0.25, 0.3) is 0 Å². The van der Waals surface area contributed by atoms with E-state index in [0.29, 0.717) is 5.13 Å². The molecule has 1 heterocycles. The molecule has 0 saturated heterocycles. The normalized spacial score (nSPS) is 11.6. The molecule has 32 heavy (non-hydrogen) atoms. The van der Waals surface area contributed by atoms with E-state index in [-0.39, 0.29) is 29.5 Å². The van der Waals surface area contributed by atoms with Crippen molar-refractivity contribution in [2.75, 3.05) is 10.7 Å². The first-order chi connectivity index (χ1) is 15.3. The average molecular weight is 533 g/mol. The molecule has 0 N–H and O–H groups in total. The van der Waals surface area contributed by atoms with Crippen LogP contribution in [0.3, 0.4) is 0 Å². The highest BCUT2D eigenvalue weighted by atomic mass is 79.9. The predicted octanol–water partition coefficient (Wildman–Crippen LogP) is 5.60. The molecule has 5 nitrogen and oxygen atoms in total. The molecule has 3 aromatic carbocycles. The van der Waals surface area contributed by atoms with Crippen molar-refractivity contribution in [1.82, 2.24) is 4.98 Å². The summed E-state index contributed by atoms with van der Waals surface area (Å²) in [6, 6.07) is 19.7. The first-order valence-corrected chi connectivity index (χ1v) is 13.0. The van der Waals surface area contributed by atoms with Crippen LogP contribution in [-0.2, 0) is 21.2 Å². The summed E-state index contributed by atoms with van der Waals surface area (Å²) in [6.45, 7) is 0.275. The quantitative estimate of drug-likeness (QED) is 0.291. The van der Waals surface area contributed by atoms with Gasteiger partial charge in [-0.1, -0.05) is 57.6 Å². The number of carbonyl (C=O) groups excluding carboxylic acids is 1. The van der Waals surface area contributed by atoms with Crippen LogP contribution in [0.5, 0.6) is 0 Å². The van der Waals surface area contributed by atoms with E-state index >= 15 is 0 Å². The predicted molar refractivity (Wildman–Crippen MR) is 128 cm³/mol. The molecule has 4 aromatic rings. The zero-order valence-corrected chi connectivity index (χ0v) is 20.0. The van der Waals surface area contributed by atoms with Crippen molar-refractivity contribution < 1.29 is 17.6 Å². The summed E-state index contributed by atoms with van der Waals surface area (Å²) in [5.41, 5.74) is 1.67. The van der Waals surface area contributed by atoms with Crippen LogP contribution in [0.15, 0.2) is 82.2 Å². The SMILES string of the molecule is O=C(CCS(=O)(=O)c1ccc(F)cc1)N(Cc1ccccc1)c1nc2ccc(Br)cc2s1. The molecule has 0 aliphatic carbocycles. The van der Waals surface area contributed by atoms with Gasteiger partial charge in [-0.05, 0) is 48.0 Å². The van der Waals surface area contributed by atoms with E-state index in [9.17, 15) is 17.6 Å². The number of rotatable bonds is 7. The molecule has 9 heteroatoms. The molecule has 0 bridgehead atoms. The maximum atomic E-state index is 13.2. The number of amides is 1. The summed E-state index contributed by atoms with van der Waals surface area (Å²) < 4.78 is 40.2. The molecule has 0 unspecified atom stereocenters. The number of fused-ring (bicyclic) bond motifs is 1. The second kappa shape index (κ2) is 9.48. The van der Waals surface area contributed by atoms with E-state index in [1.54, 1.807) is 0 Å². The molecule has 1 amide bonds. The highest BCUT2D eigenvalue weighted by Crippen LogP contribution is 2.32. The van der Waals surface area contributed by atoms with Gasteiger partial charge >= 0.3 is 0 Å². The smallest absolute Gasteiger partial charge is 0.230 e. The number of thiazole rings is 1. The van der Waals surface area contributed by atoms with Crippen LogP contribution < -0.4 is 4.90 Å². The number of sulfone groups is 1. The van der Waals surface area contributed by atoms with Gasteiger partial charge in [0.15, 0.2) is 15.0 Å². The highest BCUT2D eigenvalue weighted by Gasteiger charge is 2.23. The summed E-state index contributed by atoms with van der Waals surface area (Å²) in [4.78, 5) is 19.3. The first-order valence-electron chi connectivity index (χ1n) is 9.70. The summed E-state index contributed by atoms with van der Waals surface area (Å²) in [7, 11) is -3.73. The van der Waals surface area contributed by atoms with Gasteiger partial charge in [0, 0.05) is 10.9 Å². The fraction of sp³-hybridized carbons (Fsp3) is 0.130. The molecule has 0 spiro atoms. The molecule has 164 valence electrons. The Morgan fingerprint density at radius 2 is 1.75 bits per heavy atom. The van der Waals surface area contributed by atoms with Gasteiger partial charge in [0.05, 0.1) is 27.4 Å². The Balaban J connectivity index is 1.60. The fourth-order valence-electron chi connectivity index (χ4n) is 3.15. The van der Waals surface area contributed by atoms with Crippen molar-refractivity contribution in [3.8, 4) is 0 Å². The van der Waals surface area contributed by atoms with E-state index < -0.39 is 15.7 Å². The highest BCUT2D eigenvalue weighted by molar-refractivity contribution is 9.10. The van der Waals surface area contributed by atoms with Gasteiger partial charge < -0.3 is 0 Å². The van der Waals surface area contributed by atoms with Crippen LogP contribution in [0.4, 0.5) is 9.52 Å². The van der Waals surface area contributed by atoms with Gasteiger partial charge in [-0.2, -0.15) is 0 Å². The van der Waals surface area contributed by atoms with Crippen LogP contribution in [-0.4, -0.2) is 25.1 Å². The van der Waals surface area contributed by atoms with Crippen LogP contribution in [0.2, 0.25) is 0 Å². The van der Waals surface area contributed by atoms with E-state index in [1.165, 1.54) is 28.4 Å². The fourth-order valence-corrected chi connectivity index (χ4v) is 5.91. The number of aromatic nitrogens is 1. The lowest BCUT2D eigenvalue weighted by atomic mass is 10.2. The van der Waals surface area contributed by atoms with Gasteiger partial charge in [0.2, 0.25) is 5.91 Å². The van der Waals surface area contributed by atoms with E-state index in [2.05, 4.69) is 20.9 Å². The van der Waals surface area contributed by atoms with Crippen LogP contribution in [0.1, 0.15) is 12.0 Å². The minimum absolute atomic E-state index is 0.00820. The molecular weight excluding hydrogens is 515 g/mol. The monoisotopic (exact) mass is 532 g/mol. The van der Waals surface area contributed by atoms with Crippen molar-refractivity contribution >= 4 is 58.4 Å². The van der Waals surface area contributed by atoms with Crippen molar-refractivity contribution in [3.63, 3.8) is 0 Å². The average Bonchev–Trinajstić information content (AvgIpc) is 3.19. The lowest BCUT2D eigenvalue weighted by Crippen LogP contribution is -2.31. The minimum Gasteiger partial charge on any atom is -0.284 e. The third-order valence-corrected chi connectivity index (χ3v) is 8.08. The Bertz CT molecular complexity index is 1360. The van der Waals surface area contributed by atoms with E-state index in [0.717, 1.165) is 32.4 Å². The summed E-state index contributed by atoms with van der Waals surface area (Å²) in [6.07, 6.45) is -0.216. The molecule has 0 radical (unpaired) electrons. The van der Waals surface area contributed by atoms with E-state index in [1.807, 2.05) is 48.5 Å². The third-order valence-electron chi connectivity index (χ3n) is 4.81. The Labute approximate surface area is 197 Å². The second-order valence-electron chi connectivity index (χ2n) is 7.10. The Hall–Kier alpha value is -2.62.